The molecule has 1 amide bonds. The van der Waals surface area contributed by atoms with Gasteiger partial charge in [0.25, 0.3) is 5.91 Å². The summed E-state index contributed by atoms with van der Waals surface area (Å²) >= 11 is 1.24. The van der Waals surface area contributed by atoms with Gasteiger partial charge in [-0.25, -0.2) is 4.39 Å². The van der Waals surface area contributed by atoms with Crippen LogP contribution in [0.2, 0.25) is 0 Å². The normalized spacial score (nSPS) is 10.8. The number of aromatic nitrogens is 1. The first-order valence-electron chi connectivity index (χ1n) is 6.26. The molecule has 3 aromatic rings. The molecular weight excluding hydrogens is 289 g/mol. The number of fused-ring (bicyclic) bond motifs is 1. The molecule has 0 atom stereocenters. The standard InChI is InChI=1S/C15H12FN3OS/c1-8-2-3-11(10(16)6-8)19-13-9-4-5-18-7-12(9)21-14(13)15(17)20/h2-7,19H,1H3,(H2,17,20). The molecule has 4 nitrogen and oxygen atoms in total. The highest BCUT2D eigenvalue weighted by atomic mass is 32.1. The summed E-state index contributed by atoms with van der Waals surface area (Å²) in [5, 5.41) is 3.77. The predicted octanol–water partition coefficient (Wildman–Crippen LogP) is 3.59. The van der Waals surface area contributed by atoms with Gasteiger partial charge in [0.05, 0.1) is 16.1 Å². The van der Waals surface area contributed by atoms with Crippen LogP contribution >= 0.6 is 11.3 Å². The van der Waals surface area contributed by atoms with E-state index >= 15 is 0 Å². The van der Waals surface area contributed by atoms with E-state index in [-0.39, 0.29) is 5.82 Å². The molecule has 0 aliphatic heterocycles. The Morgan fingerprint density at radius 1 is 1.38 bits per heavy atom. The van der Waals surface area contributed by atoms with Crippen LogP contribution in [-0.4, -0.2) is 10.9 Å². The maximum Gasteiger partial charge on any atom is 0.260 e. The first kappa shape index (κ1) is 13.5. The molecule has 3 rings (SSSR count). The third-order valence-electron chi connectivity index (χ3n) is 3.10. The second-order valence-electron chi connectivity index (χ2n) is 4.65. The van der Waals surface area contributed by atoms with Crippen molar-refractivity contribution in [2.24, 2.45) is 5.73 Å². The number of benzene rings is 1. The van der Waals surface area contributed by atoms with Crippen LogP contribution in [-0.2, 0) is 0 Å². The van der Waals surface area contributed by atoms with Crippen LogP contribution in [0, 0.1) is 12.7 Å². The molecule has 0 aliphatic rings. The Balaban J connectivity index is 2.14. The largest absolute Gasteiger partial charge is 0.365 e. The number of halogens is 1. The summed E-state index contributed by atoms with van der Waals surface area (Å²) in [4.78, 5) is 16.0. The molecule has 3 N–H and O–H groups in total. The van der Waals surface area contributed by atoms with Gasteiger partial charge in [0.15, 0.2) is 0 Å². The number of nitrogens with two attached hydrogens (primary N) is 1. The highest BCUT2D eigenvalue weighted by Gasteiger charge is 2.17. The smallest absolute Gasteiger partial charge is 0.260 e. The van der Waals surface area contributed by atoms with Gasteiger partial charge in [0, 0.05) is 17.8 Å². The lowest BCUT2D eigenvalue weighted by molar-refractivity contribution is 0.100. The van der Waals surface area contributed by atoms with Crippen LogP contribution in [0.25, 0.3) is 10.1 Å². The van der Waals surface area contributed by atoms with Crippen LogP contribution in [0.4, 0.5) is 15.8 Å². The third kappa shape index (κ3) is 2.45. The zero-order valence-electron chi connectivity index (χ0n) is 11.2. The van der Waals surface area contributed by atoms with E-state index in [1.54, 1.807) is 30.6 Å². The molecule has 0 saturated carbocycles. The third-order valence-corrected chi connectivity index (χ3v) is 4.26. The van der Waals surface area contributed by atoms with E-state index in [0.717, 1.165) is 15.6 Å². The molecule has 6 heteroatoms. The molecule has 1 aromatic carbocycles. The van der Waals surface area contributed by atoms with Crippen LogP contribution in [0.1, 0.15) is 15.2 Å². The van der Waals surface area contributed by atoms with Crippen LogP contribution < -0.4 is 11.1 Å². The summed E-state index contributed by atoms with van der Waals surface area (Å²) in [6.07, 6.45) is 3.28. The van der Waals surface area contributed by atoms with Crippen molar-refractivity contribution in [3.05, 3.63) is 52.9 Å². The van der Waals surface area contributed by atoms with E-state index in [1.807, 2.05) is 6.92 Å². The van der Waals surface area contributed by atoms with E-state index in [0.29, 0.717) is 16.3 Å². The number of nitrogens with one attached hydrogen (secondary N) is 1. The molecule has 0 aliphatic carbocycles. The number of primary amides is 1. The molecule has 2 heterocycles. The molecule has 0 radical (unpaired) electrons. The molecule has 2 aromatic heterocycles. The Morgan fingerprint density at radius 2 is 2.19 bits per heavy atom. The Labute approximate surface area is 124 Å². The van der Waals surface area contributed by atoms with E-state index in [2.05, 4.69) is 10.3 Å². The molecule has 0 unspecified atom stereocenters. The zero-order chi connectivity index (χ0) is 15.0. The predicted molar refractivity (Wildman–Crippen MR) is 82.6 cm³/mol. The molecular formula is C15H12FN3OS. The van der Waals surface area contributed by atoms with Gasteiger partial charge in [0.1, 0.15) is 10.7 Å². The lowest BCUT2D eigenvalue weighted by Gasteiger charge is -2.09. The number of carbonyl (C=O) groups is 1. The summed E-state index contributed by atoms with van der Waals surface area (Å²) in [5.74, 6) is -0.926. The molecule has 21 heavy (non-hydrogen) atoms. The highest BCUT2D eigenvalue weighted by molar-refractivity contribution is 7.21. The van der Waals surface area contributed by atoms with Crippen LogP contribution in [0.3, 0.4) is 0 Å². The Kier molecular flexibility index (Phi) is 3.31. The molecule has 0 spiro atoms. The van der Waals surface area contributed by atoms with Gasteiger partial charge in [-0.05, 0) is 30.7 Å². The van der Waals surface area contributed by atoms with Crippen molar-refractivity contribution in [3.63, 3.8) is 0 Å². The van der Waals surface area contributed by atoms with Crippen molar-refractivity contribution in [2.45, 2.75) is 6.92 Å². The van der Waals surface area contributed by atoms with E-state index in [9.17, 15) is 9.18 Å². The molecule has 0 fully saturated rings. The maximum absolute atomic E-state index is 14.0. The minimum Gasteiger partial charge on any atom is -0.365 e. The van der Waals surface area contributed by atoms with Crippen molar-refractivity contribution in [2.75, 3.05) is 5.32 Å². The van der Waals surface area contributed by atoms with Crippen LogP contribution in [0.15, 0.2) is 36.7 Å². The molecule has 106 valence electrons. The van der Waals surface area contributed by atoms with Crippen molar-refractivity contribution in [1.29, 1.82) is 0 Å². The Morgan fingerprint density at radius 3 is 2.90 bits per heavy atom. The van der Waals surface area contributed by atoms with Gasteiger partial charge in [-0.2, -0.15) is 0 Å². The fourth-order valence-electron chi connectivity index (χ4n) is 2.10. The molecule has 0 bridgehead atoms. The second-order valence-corrected chi connectivity index (χ2v) is 5.70. The van der Waals surface area contributed by atoms with E-state index in [4.69, 9.17) is 5.73 Å². The number of anilines is 2. The van der Waals surface area contributed by atoms with E-state index < -0.39 is 5.91 Å². The number of nitrogens with zero attached hydrogens (tertiary/aromatic N) is 1. The summed E-state index contributed by atoms with van der Waals surface area (Å²) in [5.41, 5.74) is 7.06. The van der Waals surface area contributed by atoms with Gasteiger partial charge in [0.2, 0.25) is 0 Å². The monoisotopic (exact) mass is 301 g/mol. The fraction of sp³-hybridized carbons (Fsp3) is 0.0667. The number of hydrogen-bond donors (Lipinski definition) is 2. The lowest BCUT2D eigenvalue weighted by atomic mass is 10.2. The van der Waals surface area contributed by atoms with E-state index in [1.165, 1.54) is 17.4 Å². The number of rotatable bonds is 3. The zero-order valence-corrected chi connectivity index (χ0v) is 12.0. The number of aryl methyl sites for hydroxylation is 1. The minimum atomic E-state index is -0.550. The average molecular weight is 301 g/mol. The fourth-order valence-corrected chi connectivity index (χ4v) is 3.08. The van der Waals surface area contributed by atoms with Crippen molar-refractivity contribution >= 4 is 38.7 Å². The van der Waals surface area contributed by atoms with Gasteiger partial charge in [-0.15, -0.1) is 11.3 Å². The van der Waals surface area contributed by atoms with Crippen LogP contribution in [0.5, 0.6) is 0 Å². The first-order valence-corrected chi connectivity index (χ1v) is 7.07. The summed E-state index contributed by atoms with van der Waals surface area (Å²) < 4.78 is 14.8. The van der Waals surface area contributed by atoms with Gasteiger partial charge in [-0.1, -0.05) is 6.07 Å². The van der Waals surface area contributed by atoms with Gasteiger partial charge >= 0.3 is 0 Å². The first-order chi connectivity index (χ1) is 10.1. The average Bonchev–Trinajstić information content (AvgIpc) is 2.81. The maximum atomic E-state index is 14.0. The lowest BCUT2D eigenvalue weighted by Crippen LogP contribution is -2.11. The molecule has 0 saturated heterocycles. The van der Waals surface area contributed by atoms with Crippen molar-refractivity contribution in [3.8, 4) is 0 Å². The SMILES string of the molecule is Cc1ccc(Nc2c(C(N)=O)sc3cnccc23)c(F)c1. The number of pyridine rings is 1. The van der Waals surface area contributed by atoms with Gasteiger partial charge in [-0.3, -0.25) is 9.78 Å². The summed E-state index contributed by atoms with van der Waals surface area (Å²) in [6.45, 7) is 1.81. The summed E-state index contributed by atoms with van der Waals surface area (Å²) in [7, 11) is 0. The minimum absolute atomic E-state index is 0.305. The Hall–Kier alpha value is -2.47. The Bertz CT molecular complexity index is 844. The summed E-state index contributed by atoms with van der Waals surface area (Å²) in [6, 6.07) is 6.64. The highest BCUT2D eigenvalue weighted by Crippen LogP contribution is 2.37. The second kappa shape index (κ2) is 5.14. The topological polar surface area (TPSA) is 68.0 Å². The number of thiophene rings is 1. The quantitative estimate of drug-likeness (QED) is 0.777. The number of carbonyl (C=O) groups excluding carboxylic acids is 1. The number of amides is 1. The van der Waals surface area contributed by atoms with Gasteiger partial charge < -0.3 is 11.1 Å². The van der Waals surface area contributed by atoms with Crippen molar-refractivity contribution in [1.82, 2.24) is 4.98 Å². The number of hydrogen-bond acceptors (Lipinski definition) is 4. The van der Waals surface area contributed by atoms with Crippen molar-refractivity contribution < 1.29 is 9.18 Å².